The number of benzene rings is 1. The second kappa shape index (κ2) is 7.80. The van der Waals surface area contributed by atoms with Crippen LogP contribution in [0.25, 0.3) is 0 Å². The van der Waals surface area contributed by atoms with Gasteiger partial charge in [-0.3, -0.25) is 4.79 Å². The van der Waals surface area contributed by atoms with Crippen molar-refractivity contribution in [2.45, 2.75) is 32.7 Å². The number of hydrogen-bond acceptors (Lipinski definition) is 1. The van der Waals surface area contributed by atoms with Gasteiger partial charge in [0.05, 0.1) is 6.42 Å². The summed E-state index contributed by atoms with van der Waals surface area (Å²) in [6.07, 6.45) is 1.23. The molecule has 0 saturated heterocycles. The molecule has 0 aliphatic rings. The average Bonchev–Trinajstić information content (AvgIpc) is 2.31. The van der Waals surface area contributed by atoms with E-state index in [-0.39, 0.29) is 11.9 Å². The Morgan fingerprint density at radius 3 is 2.44 bits per heavy atom. The molecule has 1 aromatic rings. The first-order valence-electron chi connectivity index (χ1n) is 6.12. The van der Waals surface area contributed by atoms with Crippen LogP contribution >= 0.6 is 27.5 Å². The summed E-state index contributed by atoms with van der Waals surface area (Å²) in [6.45, 7) is 4.19. The second-order valence-corrected chi connectivity index (χ2v) is 5.99. The van der Waals surface area contributed by atoms with E-state index in [1.165, 1.54) is 0 Å². The number of alkyl halides is 1. The Balaban J connectivity index is 2.52. The third-order valence-corrected chi connectivity index (χ3v) is 3.60. The summed E-state index contributed by atoms with van der Waals surface area (Å²) in [6, 6.07) is 7.96. The molecule has 18 heavy (non-hydrogen) atoms. The van der Waals surface area contributed by atoms with Gasteiger partial charge < -0.3 is 5.32 Å². The molecule has 0 aromatic heterocycles. The van der Waals surface area contributed by atoms with Gasteiger partial charge in [-0.1, -0.05) is 41.9 Å². The molecule has 0 fully saturated rings. The van der Waals surface area contributed by atoms with Gasteiger partial charge in [0.1, 0.15) is 0 Å². The monoisotopic (exact) mass is 331 g/mol. The van der Waals surface area contributed by atoms with Crippen LogP contribution < -0.4 is 5.32 Å². The van der Waals surface area contributed by atoms with Crippen molar-refractivity contribution in [3.05, 3.63) is 34.3 Å². The van der Waals surface area contributed by atoms with Crippen LogP contribution in [0.5, 0.6) is 0 Å². The summed E-state index contributed by atoms with van der Waals surface area (Å²) in [5, 5.41) is 3.05. The van der Waals surface area contributed by atoms with Crippen molar-refractivity contribution in [2.24, 2.45) is 5.92 Å². The van der Waals surface area contributed by atoms with Crippen LogP contribution in [-0.4, -0.2) is 17.8 Å². The predicted octanol–water partition coefficient (Wildman–Crippen LogP) is 3.76. The first-order chi connectivity index (χ1) is 8.52. The van der Waals surface area contributed by atoms with Gasteiger partial charge in [-0.15, -0.1) is 11.6 Å². The maximum atomic E-state index is 11.9. The van der Waals surface area contributed by atoms with Crippen LogP contribution in [0.1, 0.15) is 25.8 Å². The van der Waals surface area contributed by atoms with Gasteiger partial charge in [0, 0.05) is 16.4 Å². The normalized spacial score (nSPS) is 12.5. The lowest BCUT2D eigenvalue weighted by Crippen LogP contribution is -2.39. The molecule has 1 unspecified atom stereocenters. The molecule has 0 bridgehead atoms. The molecule has 0 saturated carbocycles. The van der Waals surface area contributed by atoms with Crippen molar-refractivity contribution in [3.8, 4) is 0 Å². The molecular formula is C14H19BrClNO. The second-order valence-electron chi connectivity index (χ2n) is 4.70. The third kappa shape index (κ3) is 5.40. The fourth-order valence-electron chi connectivity index (χ4n) is 1.74. The minimum atomic E-state index is 0.0566. The lowest BCUT2D eigenvalue weighted by Gasteiger charge is -2.21. The highest BCUT2D eigenvalue weighted by Crippen LogP contribution is 2.12. The quantitative estimate of drug-likeness (QED) is 0.790. The van der Waals surface area contributed by atoms with E-state index in [0.717, 1.165) is 16.5 Å². The topological polar surface area (TPSA) is 29.1 Å². The summed E-state index contributed by atoms with van der Waals surface area (Å²) in [5.74, 6) is 1.03. The van der Waals surface area contributed by atoms with Crippen molar-refractivity contribution >= 4 is 33.4 Å². The van der Waals surface area contributed by atoms with Crippen molar-refractivity contribution < 1.29 is 4.79 Å². The van der Waals surface area contributed by atoms with E-state index in [4.69, 9.17) is 11.6 Å². The number of hydrogen-bond donors (Lipinski definition) is 1. The molecule has 1 N–H and O–H groups in total. The van der Waals surface area contributed by atoms with Crippen molar-refractivity contribution in [1.29, 1.82) is 0 Å². The zero-order valence-corrected chi connectivity index (χ0v) is 13.1. The maximum Gasteiger partial charge on any atom is 0.224 e. The fraction of sp³-hybridized carbons (Fsp3) is 0.500. The standard InChI is InChI=1S/C14H19BrClNO/c1-10(2)13(7-8-16)17-14(18)9-11-3-5-12(15)6-4-11/h3-6,10,13H,7-9H2,1-2H3,(H,17,18). The van der Waals surface area contributed by atoms with Crippen LogP contribution in [0.15, 0.2) is 28.7 Å². The van der Waals surface area contributed by atoms with Gasteiger partial charge in [-0.05, 0) is 30.0 Å². The van der Waals surface area contributed by atoms with Gasteiger partial charge in [0.15, 0.2) is 0 Å². The highest BCUT2D eigenvalue weighted by molar-refractivity contribution is 9.10. The maximum absolute atomic E-state index is 11.9. The van der Waals surface area contributed by atoms with Crippen LogP contribution in [0, 0.1) is 5.92 Å². The highest BCUT2D eigenvalue weighted by Gasteiger charge is 2.15. The molecule has 0 spiro atoms. The summed E-state index contributed by atoms with van der Waals surface area (Å²) >= 11 is 9.12. The number of carbonyl (C=O) groups is 1. The summed E-state index contributed by atoms with van der Waals surface area (Å²) in [7, 11) is 0. The number of halogens is 2. The van der Waals surface area contributed by atoms with E-state index in [2.05, 4.69) is 35.1 Å². The predicted molar refractivity (Wildman–Crippen MR) is 80.0 cm³/mol. The fourth-order valence-corrected chi connectivity index (χ4v) is 2.23. The molecule has 4 heteroatoms. The van der Waals surface area contributed by atoms with Gasteiger partial charge in [-0.25, -0.2) is 0 Å². The Labute approximate surface area is 122 Å². The minimum Gasteiger partial charge on any atom is -0.353 e. The van der Waals surface area contributed by atoms with E-state index in [1.54, 1.807) is 0 Å². The Morgan fingerprint density at radius 2 is 1.94 bits per heavy atom. The zero-order chi connectivity index (χ0) is 13.5. The van der Waals surface area contributed by atoms with E-state index >= 15 is 0 Å². The molecule has 1 atom stereocenters. The Kier molecular flexibility index (Phi) is 6.72. The molecular weight excluding hydrogens is 314 g/mol. The first kappa shape index (κ1) is 15.5. The molecule has 1 rings (SSSR count). The zero-order valence-electron chi connectivity index (χ0n) is 10.7. The SMILES string of the molecule is CC(C)C(CCCl)NC(=O)Cc1ccc(Br)cc1. The molecule has 1 amide bonds. The summed E-state index contributed by atoms with van der Waals surface area (Å²) in [4.78, 5) is 11.9. The van der Waals surface area contributed by atoms with Crippen molar-refractivity contribution in [3.63, 3.8) is 0 Å². The van der Waals surface area contributed by atoms with E-state index in [9.17, 15) is 4.79 Å². The number of nitrogens with one attached hydrogen (secondary N) is 1. The number of rotatable bonds is 6. The van der Waals surface area contributed by atoms with Gasteiger partial charge >= 0.3 is 0 Å². The van der Waals surface area contributed by atoms with Crippen LogP contribution in [0.3, 0.4) is 0 Å². The lowest BCUT2D eigenvalue weighted by atomic mass is 10.0. The first-order valence-corrected chi connectivity index (χ1v) is 7.45. The van der Waals surface area contributed by atoms with Crippen LogP contribution in [0.4, 0.5) is 0 Å². The van der Waals surface area contributed by atoms with E-state index < -0.39 is 0 Å². The Morgan fingerprint density at radius 1 is 1.33 bits per heavy atom. The Bertz CT molecular complexity index is 378. The molecule has 0 aliphatic carbocycles. The molecule has 0 radical (unpaired) electrons. The minimum absolute atomic E-state index is 0.0566. The van der Waals surface area contributed by atoms with Crippen LogP contribution in [0.2, 0.25) is 0 Å². The van der Waals surface area contributed by atoms with Gasteiger partial charge in [0.2, 0.25) is 5.91 Å². The molecule has 0 aliphatic heterocycles. The number of amides is 1. The lowest BCUT2D eigenvalue weighted by molar-refractivity contribution is -0.121. The van der Waals surface area contributed by atoms with Crippen molar-refractivity contribution in [2.75, 3.05) is 5.88 Å². The van der Waals surface area contributed by atoms with Crippen LogP contribution in [-0.2, 0) is 11.2 Å². The van der Waals surface area contributed by atoms with Crippen molar-refractivity contribution in [1.82, 2.24) is 5.32 Å². The van der Waals surface area contributed by atoms with Gasteiger partial charge in [-0.2, -0.15) is 0 Å². The summed E-state index contributed by atoms with van der Waals surface area (Å²) < 4.78 is 1.02. The molecule has 2 nitrogen and oxygen atoms in total. The Hall–Kier alpha value is -0.540. The smallest absolute Gasteiger partial charge is 0.224 e. The molecule has 1 aromatic carbocycles. The van der Waals surface area contributed by atoms with Gasteiger partial charge in [0.25, 0.3) is 0 Å². The largest absolute Gasteiger partial charge is 0.353 e. The van der Waals surface area contributed by atoms with E-state index in [1.807, 2.05) is 24.3 Å². The molecule has 100 valence electrons. The molecule has 0 heterocycles. The van der Waals surface area contributed by atoms with E-state index in [0.29, 0.717) is 18.2 Å². The summed E-state index contributed by atoms with van der Waals surface area (Å²) in [5.41, 5.74) is 1.02. The average molecular weight is 333 g/mol. The highest BCUT2D eigenvalue weighted by atomic mass is 79.9. The third-order valence-electron chi connectivity index (χ3n) is 2.85. The number of carbonyl (C=O) groups excluding carboxylic acids is 1.